The summed E-state index contributed by atoms with van der Waals surface area (Å²) in [6, 6.07) is 13.0. The minimum atomic E-state index is -1.25. The van der Waals surface area contributed by atoms with Crippen LogP contribution in [0.5, 0.6) is 5.75 Å². The molecule has 0 spiro atoms. The molecule has 0 radical (unpaired) electrons. The Balaban J connectivity index is 1.39. The van der Waals surface area contributed by atoms with Gasteiger partial charge < -0.3 is 36.3 Å². The molecule has 12 nitrogen and oxygen atoms in total. The maximum Gasteiger partial charge on any atom is 0.336 e. The highest BCUT2D eigenvalue weighted by atomic mass is 16.4. The van der Waals surface area contributed by atoms with Gasteiger partial charge in [-0.25, -0.2) is 4.79 Å². The van der Waals surface area contributed by atoms with Gasteiger partial charge >= 0.3 is 5.97 Å². The number of nitrogens with two attached hydrogens (primary N) is 2. The van der Waals surface area contributed by atoms with Gasteiger partial charge in [-0.2, -0.15) is 0 Å². The molecular formula is C35H40N4O8. The number of aromatic carboxylic acids is 1. The molecule has 0 saturated heterocycles. The van der Waals surface area contributed by atoms with Crippen molar-refractivity contribution in [3.63, 3.8) is 0 Å². The van der Waals surface area contributed by atoms with E-state index in [1.54, 1.807) is 18.2 Å². The third-order valence-corrected chi connectivity index (χ3v) is 7.89. The maximum absolute atomic E-state index is 13.0. The van der Waals surface area contributed by atoms with E-state index in [1.807, 2.05) is 0 Å². The first kappa shape index (κ1) is 34.6. The minimum Gasteiger partial charge on any atom is -0.508 e. The number of carboxylic acid groups (broad SMARTS) is 1. The molecule has 3 amide bonds. The van der Waals surface area contributed by atoms with Crippen molar-refractivity contribution in [2.45, 2.75) is 51.4 Å². The third kappa shape index (κ3) is 9.17. The van der Waals surface area contributed by atoms with Crippen LogP contribution >= 0.6 is 0 Å². The van der Waals surface area contributed by atoms with Crippen LogP contribution < -0.4 is 22.2 Å². The molecule has 0 aromatic heterocycles. The van der Waals surface area contributed by atoms with E-state index in [4.69, 9.17) is 15.9 Å². The number of amides is 3. The van der Waals surface area contributed by atoms with E-state index >= 15 is 0 Å². The normalized spacial score (nSPS) is 11.1. The summed E-state index contributed by atoms with van der Waals surface area (Å²) < 4.78 is 5.86. The summed E-state index contributed by atoms with van der Waals surface area (Å²) in [6.07, 6.45) is 5.67. The molecule has 0 fully saturated rings. The van der Waals surface area contributed by atoms with Crippen molar-refractivity contribution in [3.8, 4) is 28.2 Å². The number of rotatable bonds is 17. The number of hydrogen-bond acceptors (Lipinski definition) is 8. The number of aromatic hydroxyl groups is 1. The Hall–Kier alpha value is -5.23. The quantitative estimate of drug-likeness (QED) is 0.0827. The van der Waals surface area contributed by atoms with Gasteiger partial charge in [-0.15, -0.1) is 0 Å². The Morgan fingerprint density at radius 2 is 1.60 bits per heavy atom. The fraction of sp³-hybridized carbons (Fsp3) is 0.343. The molecule has 1 heterocycles. The van der Waals surface area contributed by atoms with Crippen LogP contribution in [-0.4, -0.2) is 65.0 Å². The van der Waals surface area contributed by atoms with Crippen LogP contribution in [0.15, 0.2) is 63.8 Å². The van der Waals surface area contributed by atoms with Gasteiger partial charge in [-0.1, -0.05) is 25.3 Å². The molecular weight excluding hydrogens is 604 g/mol. The van der Waals surface area contributed by atoms with Crippen molar-refractivity contribution < 1.29 is 33.8 Å². The second kappa shape index (κ2) is 16.4. The summed E-state index contributed by atoms with van der Waals surface area (Å²) in [5.41, 5.74) is 12.1. The number of phenols is 1. The predicted octanol–water partition coefficient (Wildman–Crippen LogP) is 4.09. The van der Waals surface area contributed by atoms with Gasteiger partial charge in [-0.3, -0.25) is 19.2 Å². The van der Waals surface area contributed by atoms with Crippen LogP contribution in [0.3, 0.4) is 0 Å². The van der Waals surface area contributed by atoms with E-state index in [2.05, 4.69) is 5.32 Å². The highest BCUT2D eigenvalue weighted by Gasteiger charge is 2.23. The molecule has 4 rings (SSSR count). The molecule has 47 heavy (non-hydrogen) atoms. The molecule has 7 N–H and O–H groups in total. The van der Waals surface area contributed by atoms with Gasteiger partial charge in [-0.05, 0) is 74.2 Å². The number of hydrogen-bond donors (Lipinski definition) is 5. The Bertz CT molecular complexity index is 1780. The Labute approximate surface area is 271 Å². The zero-order valence-corrected chi connectivity index (χ0v) is 26.1. The SMILES string of the molecule is NCCCCCCN(CC(N)=O)C(=O)CCCCCNC(=O)c1ccc(-c2c3ccc(=O)cc-3oc3cc(O)ccc23)c(C(=O)O)c1. The summed E-state index contributed by atoms with van der Waals surface area (Å²) in [4.78, 5) is 63.1. The monoisotopic (exact) mass is 644 g/mol. The van der Waals surface area contributed by atoms with E-state index in [0.29, 0.717) is 61.0 Å². The first-order valence-corrected chi connectivity index (χ1v) is 15.7. The van der Waals surface area contributed by atoms with E-state index in [0.717, 1.165) is 25.7 Å². The number of unbranched alkanes of at least 4 members (excludes halogenated alkanes) is 5. The maximum atomic E-state index is 13.0. The molecule has 0 atom stereocenters. The minimum absolute atomic E-state index is 0.0586. The van der Waals surface area contributed by atoms with Crippen LogP contribution in [0, 0.1) is 0 Å². The standard InChI is InChI=1S/C35H40N4O8/c36-15-5-1-2-7-17-39(21-31(37)42)32(43)8-4-3-6-16-38-34(44)22-9-12-25(28(18-22)35(45)46)33-26-13-10-23(40)19-29(26)47-30-20-24(41)11-14-27(30)33/h9-14,18-20,40H,1-8,15-17,21,36H2,(H2,37,42)(H,38,44)(H,45,46). The largest absolute Gasteiger partial charge is 0.508 e. The van der Waals surface area contributed by atoms with E-state index in [9.17, 15) is 34.2 Å². The lowest BCUT2D eigenvalue weighted by Gasteiger charge is -2.21. The molecule has 12 heteroatoms. The number of carbonyl (C=O) groups is 4. The first-order chi connectivity index (χ1) is 22.6. The van der Waals surface area contributed by atoms with Crippen LogP contribution in [0.4, 0.5) is 0 Å². The number of benzene rings is 3. The van der Waals surface area contributed by atoms with Crippen molar-refractivity contribution in [1.29, 1.82) is 0 Å². The summed E-state index contributed by atoms with van der Waals surface area (Å²) in [5.74, 6) is -2.22. The summed E-state index contributed by atoms with van der Waals surface area (Å²) >= 11 is 0. The molecule has 0 unspecified atom stereocenters. The highest BCUT2D eigenvalue weighted by Crippen LogP contribution is 2.42. The highest BCUT2D eigenvalue weighted by molar-refractivity contribution is 6.09. The molecule has 0 bridgehead atoms. The van der Waals surface area contributed by atoms with Gasteiger partial charge in [0.15, 0.2) is 5.43 Å². The van der Waals surface area contributed by atoms with Gasteiger partial charge in [0.1, 0.15) is 17.1 Å². The number of fused-ring (bicyclic) bond motifs is 2. The summed E-state index contributed by atoms with van der Waals surface area (Å²) in [5, 5.41) is 23.5. The smallest absolute Gasteiger partial charge is 0.336 e. The van der Waals surface area contributed by atoms with Crippen LogP contribution in [-0.2, 0) is 9.59 Å². The van der Waals surface area contributed by atoms with Crippen LogP contribution in [0.2, 0.25) is 0 Å². The summed E-state index contributed by atoms with van der Waals surface area (Å²) in [6.45, 7) is 1.30. The lowest BCUT2D eigenvalue weighted by molar-refractivity contribution is -0.135. The first-order valence-electron chi connectivity index (χ1n) is 15.7. The van der Waals surface area contributed by atoms with Crippen molar-refractivity contribution in [1.82, 2.24) is 10.2 Å². The molecule has 0 saturated carbocycles. The number of nitrogens with one attached hydrogen (secondary N) is 1. The average molecular weight is 645 g/mol. The van der Waals surface area contributed by atoms with Gasteiger partial charge in [0.25, 0.3) is 5.91 Å². The Kier molecular flexibility index (Phi) is 12.1. The molecule has 248 valence electrons. The predicted molar refractivity (Wildman–Crippen MR) is 177 cm³/mol. The second-order valence-electron chi connectivity index (χ2n) is 11.4. The van der Waals surface area contributed by atoms with E-state index in [1.165, 1.54) is 41.3 Å². The Morgan fingerprint density at radius 3 is 2.34 bits per heavy atom. The van der Waals surface area contributed by atoms with Crippen molar-refractivity contribution in [2.24, 2.45) is 11.5 Å². The number of carbonyl (C=O) groups excluding carboxylic acids is 3. The molecule has 2 aromatic carbocycles. The topological polar surface area (TPSA) is 206 Å². The molecule has 2 aliphatic rings. The fourth-order valence-corrected chi connectivity index (χ4v) is 5.55. The molecule has 2 aromatic rings. The van der Waals surface area contributed by atoms with Gasteiger partial charge in [0, 0.05) is 53.7 Å². The number of phenolic OH excluding ortho intramolecular Hbond substituents is 1. The van der Waals surface area contributed by atoms with Crippen LogP contribution in [0.25, 0.3) is 33.4 Å². The van der Waals surface area contributed by atoms with Crippen molar-refractivity contribution in [2.75, 3.05) is 26.2 Å². The summed E-state index contributed by atoms with van der Waals surface area (Å²) in [7, 11) is 0. The lowest BCUT2D eigenvalue weighted by Crippen LogP contribution is -2.39. The number of nitrogens with zero attached hydrogens (tertiary/aromatic N) is 1. The molecule has 1 aliphatic carbocycles. The van der Waals surface area contributed by atoms with Gasteiger partial charge in [0.05, 0.1) is 12.1 Å². The van der Waals surface area contributed by atoms with Crippen molar-refractivity contribution in [3.05, 3.63) is 75.9 Å². The number of primary amides is 1. The molecule has 1 aliphatic heterocycles. The average Bonchev–Trinajstić information content (AvgIpc) is 3.03. The second-order valence-corrected chi connectivity index (χ2v) is 11.4. The zero-order valence-electron chi connectivity index (χ0n) is 26.1. The number of carboxylic acids is 1. The lowest BCUT2D eigenvalue weighted by atomic mass is 9.90. The van der Waals surface area contributed by atoms with Crippen molar-refractivity contribution >= 4 is 34.7 Å². The van der Waals surface area contributed by atoms with E-state index in [-0.39, 0.29) is 52.5 Å². The zero-order chi connectivity index (χ0) is 33.9. The fourth-order valence-electron chi connectivity index (χ4n) is 5.55. The van der Waals surface area contributed by atoms with Gasteiger partial charge in [0.2, 0.25) is 11.8 Å². The Morgan fingerprint density at radius 1 is 0.851 bits per heavy atom. The van der Waals surface area contributed by atoms with E-state index < -0.39 is 17.8 Å². The third-order valence-electron chi connectivity index (χ3n) is 7.89. The van der Waals surface area contributed by atoms with Crippen LogP contribution in [0.1, 0.15) is 72.1 Å².